The van der Waals surface area contributed by atoms with E-state index in [2.05, 4.69) is 20.8 Å². The van der Waals surface area contributed by atoms with Crippen LogP contribution < -0.4 is 14.8 Å². The third-order valence-corrected chi connectivity index (χ3v) is 4.21. The summed E-state index contributed by atoms with van der Waals surface area (Å²) >= 11 is 1.28. The van der Waals surface area contributed by atoms with Gasteiger partial charge in [0, 0.05) is 12.6 Å². The molecule has 124 valence electrons. The Kier molecular flexibility index (Phi) is 5.80. The van der Waals surface area contributed by atoms with Crippen molar-refractivity contribution in [3.8, 4) is 11.5 Å². The molecule has 0 aliphatic rings. The Bertz CT molecular complexity index is 676. The molecule has 0 unspecified atom stereocenters. The minimum atomic E-state index is -0.217. The molecule has 23 heavy (non-hydrogen) atoms. The minimum Gasteiger partial charge on any atom is -0.497 e. The van der Waals surface area contributed by atoms with E-state index in [1.807, 2.05) is 25.1 Å². The van der Waals surface area contributed by atoms with Gasteiger partial charge in [-0.2, -0.15) is 0 Å². The van der Waals surface area contributed by atoms with E-state index in [1.54, 1.807) is 21.3 Å². The molecule has 1 N–H and O–H groups in total. The maximum absolute atomic E-state index is 12.1. The zero-order chi connectivity index (χ0) is 16.8. The van der Waals surface area contributed by atoms with Crippen LogP contribution in [0.15, 0.2) is 23.4 Å². The van der Waals surface area contributed by atoms with E-state index in [9.17, 15) is 4.79 Å². The molecule has 0 saturated carbocycles. The summed E-state index contributed by atoms with van der Waals surface area (Å²) < 4.78 is 12.1. The number of nitrogens with one attached hydrogen (secondary N) is 1. The van der Waals surface area contributed by atoms with Gasteiger partial charge in [0.05, 0.1) is 26.0 Å². The molecule has 1 amide bonds. The fraction of sp³-hybridized carbons (Fsp3) is 0.429. The molecule has 0 fully saturated rings. The summed E-state index contributed by atoms with van der Waals surface area (Å²) in [5, 5.41) is 14.6. The van der Waals surface area contributed by atoms with E-state index >= 15 is 0 Å². The van der Waals surface area contributed by atoms with Crippen molar-refractivity contribution in [2.45, 2.75) is 18.1 Å². The molecule has 0 aliphatic carbocycles. The van der Waals surface area contributed by atoms with Crippen molar-refractivity contribution in [2.24, 2.45) is 7.05 Å². The van der Waals surface area contributed by atoms with Gasteiger partial charge in [0.25, 0.3) is 0 Å². The molecule has 0 aliphatic heterocycles. The van der Waals surface area contributed by atoms with Gasteiger partial charge >= 0.3 is 0 Å². The maximum atomic E-state index is 12.1. The smallest absolute Gasteiger partial charge is 0.230 e. The standard InChI is InChI=1S/C14H19N5O3S/c1-9(11-7-10(21-3)5-6-12(11)22-4)15-13(20)8-23-14-16-17-18-19(14)2/h5-7,9H,8H2,1-4H3,(H,15,20)/t9-/m0/s1. The van der Waals surface area contributed by atoms with Crippen LogP contribution in [0.25, 0.3) is 0 Å². The monoisotopic (exact) mass is 337 g/mol. The van der Waals surface area contributed by atoms with Crippen molar-refractivity contribution >= 4 is 17.7 Å². The lowest BCUT2D eigenvalue weighted by Gasteiger charge is -2.18. The number of tetrazole rings is 1. The van der Waals surface area contributed by atoms with E-state index < -0.39 is 0 Å². The Balaban J connectivity index is 1.99. The molecular weight excluding hydrogens is 318 g/mol. The molecule has 1 aromatic carbocycles. The van der Waals surface area contributed by atoms with Crippen LogP contribution in [0.1, 0.15) is 18.5 Å². The number of methoxy groups -OCH3 is 2. The molecule has 0 spiro atoms. The normalized spacial score (nSPS) is 11.8. The number of amides is 1. The third-order valence-electron chi connectivity index (χ3n) is 3.19. The topological polar surface area (TPSA) is 91.2 Å². The van der Waals surface area contributed by atoms with Crippen LogP contribution in [0.2, 0.25) is 0 Å². The molecule has 9 heteroatoms. The van der Waals surface area contributed by atoms with Gasteiger partial charge in [-0.05, 0) is 35.5 Å². The van der Waals surface area contributed by atoms with Gasteiger partial charge in [-0.3, -0.25) is 4.79 Å². The SMILES string of the molecule is COc1ccc(OC)c([C@H](C)NC(=O)CSc2nnnn2C)c1. The van der Waals surface area contributed by atoms with Gasteiger partial charge in [-0.15, -0.1) is 5.10 Å². The van der Waals surface area contributed by atoms with Crippen molar-refractivity contribution in [3.05, 3.63) is 23.8 Å². The van der Waals surface area contributed by atoms with Gasteiger partial charge in [-0.1, -0.05) is 11.8 Å². The van der Waals surface area contributed by atoms with E-state index in [1.165, 1.54) is 16.4 Å². The number of hydrogen-bond donors (Lipinski definition) is 1. The molecule has 0 saturated heterocycles. The number of benzene rings is 1. The Labute approximate surface area is 138 Å². The number of ether oxygens (including phenoxy) is 2. The fourth-order valence-corrected chi connectivity index (χ4v) is 2.67. The lowest BCUT2D eigenvalue weighted by molar-refractivity contribution is -0.119. The summed E-state index contributed by atoms with van der Waals surface area (Å²) in [5.41, 5.74) is 0.852. The van der Waals surface area contributed by atoms with Crippen molar-refractivity contribution in [1.82, 2.24) is 25.5 Å². The van der Waals surface area contributed by atoms with Crippen LogP contribution in [-0.4, -0.2) is 46.1 Å². The van der Waals surface area contributed by atoms with Crippen molar-refractivity contribution in [1.29, 1.82) is 0 Å². The Morgan fingerprint density at radius 3 is 2.78 bits per heavy atom. The summed E-state index contributed by atoms with van der Waals surface area (Å²) in [6, 6.07) is 5.26. The van der Waals surface area contributed by atoms with E-state index in [0.717, 1.165) is 5.56 Å². The number of hydrogen-bond acceptors (Lipinski definition) is 7. The number of aromatic nitrogens is 4. The highest BCUT2D eigenvalue weighted by Gasteiger charge is 2.16. The predicted octanol–water partition coefficient (Wildman–Crippen LogP) is 1.20. The van der Waals surface area contributed by atoms with Gasteiger partial charge < -0.3 is 14.8 Å². The molecule has 0 bridgehead atoms. The second kappa shape index (κ2) is 7.82. The van der Waals surface area contributed by atoms with E-state index in [0.29, 0.717) is 16.7 Å². The summed E-state index contributed by atoms with van der Waals surface area (Å²) in [7, 11) is 4.92. The van der Waals surface area contributed by atoms with Gasteiger partial charge in [0.1, 0.15) is 11.5 Å². The van der Waals surface area contributed by atoms with Gasteiger partial charge in [-0.25, -0.2) is 4.68 Å². The van der Waals surface area contributed by atoms with Crippen LogP contribution >= 0.6 is 11.8 Å². The number of thioether (sulfide) groups is 1. The number of aryl methyl sites for hydroxylation is 1. The maximum Gasteiger partial charge on any atom is 0.230 e. The van der Waals surface area contributed by atoms with Gasteiger partial charge in [0.2, 0.25) is 11.1 Å². The first-order valence-corrected chi connectivity index (χ1v) is 7.90. The first-order chi connectivity index (χ1) is 11.0. The van der Waals surface area contributed by atoms with Gasteiger partial charge in [0.15, 0.2) is 0 Å². The molecular formula is C14H19N5O3S. The number of nitrogens with zero attached hydrogens (tertiary/aromatic N) is 4. The van der Waals surface area contributed by atoms with E-state index in [-0.39, 0.29) is 17.7 Å². The lowest BCUT2D eigenvalue weighted by atomic mass is 10.1. The molecule has 0 radical (unpaired) electrons. The van der Waals surface area contributed by atoms with Crippen LogP contribution in [0.5, 0.6) is 11.5 Å². The Morgan fingerprint density at radius 1 is 1.39 bits per heavy atom. The second-order valence-electron chi connectivity index (χ2n) is 4.77. The second-order valence-corrected chi connectivity index (χ2v) is 5.71. The third kappa shape index (κ3) is 4.35. The molecule has 1 aromatic heterocycles. The molecule has 1 atom stereocenters. The van der Waals surface area contributed by atoms with Crippen LogP contribution in [0.4, 0.5) is 0 Å². The fourth-order valence-electron chi connectivity index (χ4n) is 2.01. The number of carbonyl (C=O) groups excluding carboxylic acids is 1. The van der Waals surface area contributed by atoms with Crippen LogP contribution in [0, 0.1) is 0 Å². The highest BCUT2D eigenvalue weighted by atomic mass is 32.2. The summed E-state index contributed by atoms with van der Waals surface area (Å²) in [6.45, 7) is 1.89. The molecule has 1 heterocycles. The molecule has 2 aromatic rings. The van der Waals surface area contributed by atoms with Crippen molar-refractivity contribution < 1.29 is 14.3 Å². The first kappa shape index (κ1) is 17.1. The first-order valence-electron chi connectivity index (χ1n) is 6.91. The number of rotatable bonds is 7. The zero-order valence-electron chi connectivity index (χ0n) is 13.4. The summed E-state index contributed by atoms with van der Waals surface area (Å²) in [4.78, 5) is 12.1. The van der Waals surface area contributed by atoms with Crippen molar-refractivity contribution in [2.75, 3.05) is 20.0 Å². The molecule has 2 rings (SSSR count). The minimum absolute atomic E-state index is 0.115. The van der Waals surface area contributed by atoms with Crippen molar-refractivity contribution in [3.63, 3.8) is 0 Å². The molecule has 8 nitrogen and oxygen atoms in total. The van der Waals surface area contributed by atoms with Crippen LogP contribution in [-0.2, 0) is 11.8 Å². The average molecular weight is 337 g/mol. The quantitative estimate of drug-likeness (QED) is 0.759. The number of carbonyl (C=O) groups is 1. The largest absolute Gasteiger partial charge is 0.497 e. The Hall–Kier alpha value is -2.29. The average Bonchev–Trinajstić information content (AvgIpc) is 2.97. The van der Waals surface area contributed by atoms with E-state index in [4.69, 9.17) is 9.47 Å². The summed E-state index contributed by atoms with van der Waals surface area (Å²) in [6.07, 6.45) is 0. The Morgan fingerprint density at radius 2 is 2.17 bits per heavy atom. The highest BCUT2D eigenvalue weighted by molar-refractivity contribution is 7.99. The zero-order valence-corrected chi connectivity index (χ0v) is 14.3. The predicted molar refractivity (Wildman–Crippen MR) is 85.6 cm³/mol. The summed E-state index contributed by atoms with van der Waals surface area (Å²) in [5.74, 6) is 1.52. The highest BCUT2D eigenvalue weighted by Crippen LogP contribution is 2.29. The van der Waals surface area contributed by atoms with Crippen LogP contribution in [0.3, 0.4) is 0 Å². The lowest BCUT2D eigenvalue weighted by Crippen LogP contribution is -2.28.